The average molecular weight is 340 g/mol. The Morgan fingerprint density at radius 3 is 2.92 bits per heavy atom. The van der Waals surface area contributed by atoms with E-state index >= 15 is 0 Å². The molecule has 0 spiro atoms. The quantitative estimate of drug-likeness (QED) is 0.763. The third kappa shape index (κ3) is 2.72. The lowest BCUT2D eigenvalue weighted by Gasteiger charge is -2.27. The summed E-state index contributed by atoms with van der Waals surface area (Å²) in [6.45, 7) is 0.428. The van der Waals surface area contributed by atoms with Crippen LogP contribution in [0.2, 0.25) is 0 Å². The number of aliphatic hydroxyl groups is 1. The number of anilines is 1. The van der Waals surface area contributed by atoms with Gasteiger partial charge in [0.15, 0.2) is 0 Å². The Hall–Kier alpha value is -2.93. The van der Waals surface area contributed by atoms with E-state index in [1.807, 2.05) is 23.1 Å². The van der Waals surface area contributed by atoms with Crippen LogP contribution in [-0.4, -0.2) is 33.3 Å². The van der Waals surface area contributed by atoms with Crippen molar-refractivity contribution in [3.8, 4) is 0 Å². The zero-order valence-corrected chi connectivity index (χ0v) is 13.3. The predicted molar refractivity (Wildman–Crippen MR) is 90.8 cm³/mol. The molecule has 1 saturated heterocycles. The van der Waals surface area contributed by atoms with Crippen molar-refractivity contribution in [2.75, 3.05) is 11.4 Å². The molecule has 0 radical (unpaired) electrons. The molecule has 3 heterocycles. The number of β-amino-alcohol motifs (C(OH)–C–C–N with tert-alkyl or cyclic N) is 1. The van der Waals surface area contributed by atoms with Crippen LogP contribution in [0.15, 0.2) is 48.8 Å². The largest absolute Gasteiger partial charge is 0.391 e. The molecule has 1 aromatic carbocycles. The number of carbonyl (C=O) groups is 1. The van der Waals surface area contributed by atoms with Gasteiger partial charge < -0.3 is 15.7 Å². The lowest BCUT2D eigenvalue weighted by atomic mass is 10.0. The summed E-state index contributed by atoms with van der Waals surface area (Å²) in [5, 5.41) is 14.3. The summed E-state index contributed by atoms with van der Waals surface area (Å²) in [7, 11) is 0. The van der Waals surface area contributed by atoms with E-state index in [4.69, 9.17) is 5.73 Å². The monoisotopic (exact) mass is 340 g/mol. The zero-order chi connectivity index (χ0) is 17.6. The van der Waals surface area contributed by atoms with E-state index in [0.717, 1.165) is 11.3 Å². The number of halogens is 1. The fourth-order valence-corrected chi connectivity index (χ4v) is 3.47. The van der Waals surface area contributed by atoms with E-state index in [1.54, 1.807) is 16.8 Å². The van der Waals surface area contributed by atoms with Gasteiger partial charge >= 0.3 is 0 Å². The number of fused-ring (bicyclic) bond motifs is 1. The molecule has 0 unspecified atom stereocenters. The molecule has 3 aromatic rings. The highest BCUT2D eigenvalue weighted by Crippen LogP contribution is 2.37. The summed E-state index contributed by atoms with van der Waals surface area (Å²) in [5.74, 6) is -0.851. The lowest BCUT2D eigenvalue weighted by molar-refractivity contribution is 0.100. The van der Waals surface area contributed by atoms with Crippen molar-refractivity contribution in [3.63, 3.8) is 0 Å². The maximum absolute atomic E-state index is 13.6. The van der Waals surface area contributed by atoms with Gasteiger partial charge in [-0.3, -0.25) is 4.79 Å². The topological polar surface area (TPSA) is 83.9 Å². The second-order valence-corrected chi connectivity index (χ2v) is 6.25. The van der Waals surface area contributed by atoms with Gasteiger partial charge in [-0.2, -0.15) is 5.10 Å². The van der Waals surface area contributed by atoms with Gasteiger partial charge in [-0.1, -0.05) is 12.1 Å². The molecule has 3 N–H and O–H groups in total. The summed E-state index contributed by atoms with van der Waals surface area (Å²) in [4.78, 5) is 13.6. The van der Waals surface area contributed by atoms with Crippen LogP contribution in [0.25, 0.3) is 5.52 Å². The number of hydrogen-bond acceptors (Lipinski definition) is 4. The highest BCUT2D eigenvalue weighted by molar-refractivity contribution is 5.99. The van der Waals surface area contributed by atoms with Gasteiger partial charge in [0.1, 0.15) is 5.82 Å². The maximum atomic E-state index is 13.6. The summed E-state index contributed by atoms with van der Waals surface area (Å²) in [6.07, 6.45) is 3.18. The molecule has 2 atom stereocenters. The summed E-state index contributed by atoms with van der Waals surface area (Å²) < 4.78 is 15.2. The molecular weight excluding hydrogens is 323 g/mol. The van der Waals surface area contributed by atoms with Crippen molar-refractivity contribution >= 4 is 17.1 Å². The molecule has 1 aliphatic rings. The minimum atomic E-state index is -0.546. The number of amides is 1. The van der Waals surface area contributed by atoms with Gasteiger partial charge in [-0.25, -0.2) is 8.91 Å². The summed E-state index contributed by atoms with van der Waals surface area (Å²) in [6, 6.07) is 9.93. The Labute approximate surface area is 143 Å². The predicted octanol–water partition coefficient (Wildman–Crippen LogP) is 1.88. The van der Waals surface area contributed by atoms with Crippen LogP contribution in [0, 0.1) is 5.82 Å². The molecule has 7 heteroatoms. The number of carbonyl (C=O) groups excluding carboxylic acids is 1. The fraction of sp³-hybridized carbons (Fsp3) is 0.222. The number of benzene rings is 1. The van der Waals surface area contributed by atoms with Crippen LogP contribution in [0.4, 0.5) is 10.1 Å². The van der Waals surface area contributed by atoms with Crippen molar-refractivity contribution in [1.29, 1.82) is 0 Å². The van der Waals surface area contributed by atoms with Crippen molar-refractivity contribution in [2.24, 2.45) is 5.73 Å². The highest BCUT2D eigenvalue weighted by Gasteiger charge is 2.32. The third-order valence-corrected chi connectivity index (χ3v) is 4.61. The van der Waals surface area contributed by atoms with Crippen LogP contribution in [-0.2, 0) is 0 Å². The first-order valence-electron chi connectivity index (χ1n) is 8.00. The number of nitrogens with zero attached hydrogens (tertiary/aromatic N) is 3. The number of aromatic nitrogens is 2. The molecule has 1 fully saturated rings. The van der Waals surface area contributed by atoms with Gasteiger partial charge in [0, 0.05) is 18.4 Å². The van der Waals surface area contributed by atoms with E-state index in [0.29, 0.717) is 24.0 Å². The SMILES string of the molecule is NC(=O)c1cnn2ccc(N3C[C@@H](O)C[C@@H]3c3cccc(F)c3)cc12. The fourth-order valence-electron chi connectivity index (χ4n) is 3.47. The van der Waals surface area contributed by atoms with Crippen molar-refractivity contribution < 1.29 is 14.3 Å². The minimum Gasteiger partial charge on any atom is -0.391 e. The van der Waals surface area contributed by atoms with Crippen LogP contribution in [0.3, 0.4) is 0 Å². The van der Waals surface area contributed by atoms with E-state index in [1.165, 1.54) is 18.3 Å². The summed E-state index contributed by atoms with van der Waals surface area (Å²) >= 11 is 0. The number of hydrogen-bond donors (Lipinski definition) is 2. The van der Waals surface area contributed by atoms with Gasteiger partial charge in [-0.15, -0.1) is 0 Å². The zero-order valence-electron chi connectivity index (χ0n) is 13.3. The average Bonchev–Trinajstić information content (AvgIpc) is 3.17. The summed E-state index contributed by atoms with van der Waals surface area (Å²) in [5.41, 5.74) is 7.96. The first kappa shape index (κ1) is 15.6. The van der Waals surface area contributed by atoms with Crippen LogP contribution >= 0.6 is 0 Å². The number of primary amides is 1. The van der Waals surface area contributed by atoms with Crippen molar-refractivity contribution in [3.05, 3.63) is 65.7 Å². The van der Waals surface area contributed by atoms with Gasteiger partial charge in [0.05, 0.1) is 29.4 Å². The Kier molecular flexibility index (Phi) is 3.65. The molecule has 6 nitrogen and oxygen atoms in total. The van der Waals surface area contributed by atoms with Gasteiger partial charge in [0.2, 0.25) is 0 Å². The number of rotatable bonds is 3. The second-order valence-electron chi connectivity index (χ2n) is 6.25. The first-order valence-corrected chi connectivity index (χ1v) is 8.00. The van der Waals surface area contributed by atoms with E-state index in [2.05, 4.69) is 5.10 Å². The molecule has 128 valence electrons. The molecule has 1 amide bonds. The Morgan fingerprint density at radius 1 is 1.32 bits per heavy atom. The van der Waals surface area contributed by atoms with Crippen molar-refractivity contribution in [2.45, 2.75) is 18.6 Å². The van der Waals surface area contributed by atoms with Crippen LogP contribution < -0.4 is 10.6 Å². The molecule has 2 aromatic heterocycles. The standard InChI is InChI=1S/C18H17FN4O2/c19-12-3-1-2-11(6-12)16-8-14(24)10-22(16)13-4-5-23-17(7-13)15(9-21-23)18(20)25/h1-7,9,14,16,24H,8,10H2,(H2,20,25)/t14-,16+/m0/s1. The third-order valence-electron chi connectivity index (χ3n) is 4.61. The van der Waals surface area contributed by atoms with Gasteiger partial charge in [-0.05, 0) is 36.2 Å². The smallest absolute Gasteiger partial charge is 0.252 e. The Bertz CT molecular complexity index is 955. The molecule has 4 rings (SSSR count). The second kappa shape index (κ2) is 5.86. The minimum absolute atomic E-state index is 0.145. The van der Waals surface area contributed by atoms with E-state index in [9.17, 15) is 14.3 Å². The Balaban J connectivity index is 1.77. The Morgan fingerprint density at radius 2 is 2.16 bits per heavy atom. The highest BCUT2D eigenvalue weighted by atomic mass is 19.1. The molecule has 25 heavy (non-hydrogen) atoms. The number of nitrogens with two attached hydrogens (primary N) is 1. The molecule has 1 aliphatic heterocycles. The normalized spacial score (nSPS) is 20.3. The lowest BCUT2D eigenvalue weighted by Crippen LogP contribution is -2.24. The molecule has 0 aliphatic carbocycles. The van der Waals surface area contributed by atoms with Crippen LogP contribution in [0.1, 0.15) is 28.4 Å². The molecule has 0 bridgehead atoms. The molecule has 0 saturated carbocycles. The van der Waals surface area contributed by atoms with Crippen molar-refractivity contribution in [1.82, 2.24) is 9.61 Å². The van der Waals surface area contributed by atoms with E-state index in [-0.39, 0.29) is 11.9 Å². The number of aliphatic hydroxyl groups excluding tert-OH is 1. The van der Waals surface area contributed by atoms with Gasteiger partial charge in [0.25, 0.3) is 5.91 Å². The molecular formula is C18H17FN4O2. The maximum Gasteiger partial charge on any atom is 0.252 e. The van der Waals surface area contributed by atoms with E-state index < -0.39 is 12.0 Å². The first-order chi connectivity index (χ1) is 12.0. The van der Waals surface area contributed by atoms with Crippen LogP contribution in [0.5, 0.6) is 0 Å². The number of pyridine rings is 1.